The summed E-state index contributed by atoms with van der Waals surface area (Å²) in [6, 6.07) is 60.1. The number of aromatic nitrogens is 1. The number of nitrogens with zero attached hydrogens (tertiary/aromatic N) is 2. The number of furan rings is 1. The number of fused-ring (bicyclic) bond motifs is 8. The third-order valence-corrected chi connectivity index (χ3v) is 11.3. The normalized spacial score (nSPS) is 13.1. The zero-order chi connectivity index (χ0) is 36.0. The average molecular weight is 695 g/mol. The van der Waals surface area contributed by atoms with Crippen LogP contribution in [0, 0.1) is 0 Å². The molecule has 0 amide bonds. The first-order chi connectivity index (χ1) is 26.5. The zero-order valence-electron chi connectivity index (χ0n) is 29.9. The van der Waals surface area contributed by atoms with Gasteiger partial charge in [0.1, 0.15) is 16.7 Å². The minimum atomic E-state index is -0.124. The van der Waals surface area contributed by atoms with Gasteiger partial charge in [-0.2, -0.15) is 0 Å². The first kappa shape index (κ1) is 30.7. The monoisotopic (exact) mass is 694 g/mol. The molecule has 2 heterocycles. The molecule has 54 heavy (non-hydrogen) atoms. The van der Waals surface area contributed by atoms with Gasteiger partial charge in [0.15, 0.2) is 5.58 Å². The summed E-state index contributed by atoms with van der Waals surface area (Å²) < 4.78 is 13.1. The van der Waals surface area contributed by atoms with Crippen LogP contribution in [0.2, 0.25) is 0 Å². The van der Waals surface area contributed by atoms with Crippen molar-refractivity contribution in [3.05, 3.63) is 181 Å². The first-order valence-corrected chi connectivity index (χ1v) is 18.5. The molecule has 0 spiro atoms. The highest BCUT2D eigenvalue weighted by Gasteiger charge is 2.37. The van der Waals surface area contributed by atoms with Crippen LogP contribution in [0.25, 0.3) is 77.5 Å². The van der Waals surface area contributed by atoms with Gasteiger partial charge in [0.05, 0.1) is 5.69 Å². The molecule has 0 bridgehead atoms. The highest BCUT2D eigenvalue weighted by Crippen LogP contribution is 2.54. The molecule has 10 aromatic rings. The van der Waals surface area contributed by atoms with Crippen molar-refractivity contribution in [1.82, 2.24) is 4.98 Å². The standard InChI is InChI=1S/C50H34N2O2/c1-50(2)40-18-9-8-16-37(40)48-41(50)19-11-20-43(48)52(35-24-22-32(23-25-35)31-12-4-3-5-13-31)36-26-27-38-45(30-36)53-44-21-10-17-39(47(38)44)49-51-42-28-33-14-6-7-15-34(33)29-46(42)54-49/h3-30H,1-2H3. The van der Waals surface area contributed by atoms with E-state index in [-0.39, 0.29) is 5.41 Å². The van der Waals surface area contributed by atoms with E-state index in [4.69, 9.17) is 13.8 Å². The lowest BCUT2D eigenvalue weighted by atomic mass is 9.82. The van der Waals surface area contributed by atoms with Crippen LogP contribution >= 0.6 is 0 Å². The van der Waals surface area contributed by atoms with Crippen molar-refractivity contribution in [2.45, 2.75) is 19.3 Å². The van der Waals surface area contributed by atoms with E-state index in [1.165, 1.54) is 33.4 Å². The van der Waals surface area contributed by atoms with E-state index in [1.807, 2.05) is 24.3 Å². The topological polar surface area (TPSA) is 42.4 Å². The van der Waals surface area contributed by atoms with Gasteiger partial charge < -0.3 is 13.7 Å². The fourth-order valence-electron chi connectivity index (χ4n) is 8.64. The lowest BCUT2D eigenvalue weighted by molar-refractivity contribution is 0.620. The molecule has 11 rings (SSSR count). The molecule has 0 aliphatic heterocycles. The number of oxazole rings is 1. The van der Waals surface area contributed by atoms with E-state index in [0.717, 1.165) is 66.4 Å². The molecule has 256 valence electrons. The van der Waals surface area contributed by atoms with Crippen LogP contribution in [-0.4, -0.2) is 4.98 Å². The van der Waals surface area contributed by atoms with E-state index in [0.29, 0.717) is 5.89 Å². The van der Waals surface area contributed by atoms with Gasteiger partial charge in [-0.05, 0) is 93.2 Å². The molecular weight excluding hydrogens is 661 g/mol. The predicted molar refractivity (Wildman–Crippen MR) is 222 cm³/mol. The van der Waals surface area contributed by atoms with Crippen molar-refractivity contribution >= 4 is 60.9 Å². The van der Waals surface area contributed by atoms with E-state index in [1.54, 1.807) is 0 Å². The fourth-order valence-corrected chi connectivity index (χ4v) is 8.64. The summed E-state index contributed by atoms with van der Waals surface area (Å²) in [7, 11) is 0. The van der Waals surface area contributed by atoms with Crippen molar-refractivity contribution in [1.29, 1.82) is 0 Å². The molecule has 0 N–H and O–H groups in total. The predicted octanol–water partition coefficient (Wildman–Crippen LogP) is 14.0. The summed E-state index contributed by atoms with van der Waals surface area (Å²) in [6.45, 7) is 4.66. The van der Waals surface area contributed by atoms with Gasteiger partial charge >= 0.3 is 0 Å². The van der Waals surface area contributed by atoms with Crippen molar-refractivity contribution in [2.24, 2.45) is 0 Å². The maximum atomic E-state index is 6.68. The molecule has 8 aromatic carbocycles. The molecule has 1 aliphatic carbocycles. The molecule has 0 saturated carbocycles. The zero-order valence-corrected chi connectivity index (χ0v) is 29.9. The van der Waals surface area contributed by atoms with Crippen LogP contribution in [0.4, 0.5) is 17.1 Å². The van der Waals surface area contributed by atoms with E-state index in [9.17, 15) is 0 Å². The van der Waals surface area contributed by atoms with Gasteiger partial charge in [0.2, 0.25) is 5.89 Å². The molecule has 0 unspecified atom stereocenters. The van der Waals surface area contributed by atoms with Crippen LogP contribution < -0.4 is 4.90 Å². The molecule has 0 radical (unpaired) electrons. The van der Waals surface area contributed by atoms with Gasteiger partial charge in [0.25, 0.3) is 0 Å². The Hall–Kier alpha value is -6.91. The quantitative estimate of drug-likeness (QED) is 0.180. The average Bonchev–Trinajstić information content (AvgIpc) is 3.87. The molecule has 0 saturated heterocycles. The van der Waals surface area contributed by atoms with Gasteiger partial charge in [-0.1, -0.05) is 123 Å². The van der Waals surface area contributed by atoms with Crippen LogP contribution in [-0.2, 0) is 5.41 Å². The van der Waals surface area contributed by atoms with Gasteiger partial charge in [-0.25, -0.2) is 4.98 Å². The highest BCUT2D eigenvalue weighted by molar-refractivity contribution is 6.13. The van der Waals surface area contributed by atoms with E-state index in [2.05, 4.69) is 164 Å². The summed E-state index contributed by atoms with van der Waals surface area (Å²) in [4.78, 5) is 7.35. The van der Waals surface area contributed by atoms with Crippen LogP contribution in [0.15, 0.2) is 179 Å². The van der Waals surface area contributed by atoms with Crippen LogP contribution in [0.3, 0.4) is 0 Å². The van der Waals surface area contributed by atoms with Crippen LogP contribution in [0.1, 0.15) is 25.0 Å². The van der Waals surface area contributed by atoms with Crippen molar-refractivity contribution in [3.63, 3.8) is 0 Å². The maximum Gasteiger partial charge on any atom is 0.228 e. The number of anilines is 3. The first-order valence-electron chi connectivity index (χ1n) is 18.5. The summed E-state index contributed by atoms with van der Waals surface area (Å²) in [5.41, 5.74) is 14.8. The van der Waals surface area contributed by atoms with E-state index < -0.39 is 0 Å². The Balaban J connectivity index is 1.09. The largest absolute Gasteiger partial charge is 0.456 e. The molecule has 0 atom stereocenters. The highest BCUT2D eigenvalue weighted by atomic mass is 16.3. The molecule has 2 aromatic heterocycles. The fraction of sp³-hybridized carbons (Fsp3) is 0.0600. The Morgan fingerprint density at radius 1 is 0.500 bits per heavy atom. The minimum absolute atomic E-state index is 0.124. The molecular formula is C50H34N2O2. The van der Waals surface area contributed by atoms with Gasteiger partial charge in [-0.15, -0.1) is 0 Å². The second kappa shape index (κ2) is 11.5. The Kier molecular flexibility index (Phi) is 6.56. The maximum absolute atomic E-state index is 6.68. The number of hydrogen-bond donors (Lipinski definition) is 0. The SMILES string of the molecule is CC1(C)c2ccccc2-c2c(N(c3ccc(-c4ccccc4)cc3)c3ccc4c(c3)oc3cccc(-c5nc6cc7ccccc7cc6o5)c34)cccc21. The number of benzene rings is 8. The van der Waals surface area contributed by atoms with Gasteiger partial charge in [0, 0.05) is 44.8 Å². The summed E-state index contributed by atoms with van der Waals surface area (Å²) in [5.74, 6) is 0.582. The smallest absolute Gasteiger partial charge is 0.228 e. The Morgan fingerprint density at radius 3 is 2.04 bits per heavy atom. The Bertz CT molecular complexity index is 3030. The van der Waals surface area contributed by atoms with Crippen LogP contribution in [0.5, 0.6) is 0 Å². The lowest BCUT2D eigenvalue weighted by Gasteiger charge is -2.29. The van der Waals surface area contributed by atoms with Crippen molar-refractivity contribution in [2.75, 3.05) is 4.90 Å². The van der Waals surface area contributed by atoms with Crippen molar-refractivity contribution < 1.29 is 8.83 Å². The third kappa shape index (κ3) is 4.60. The summed E-state index contributed by atoms with van der Waals surface area (Å²) in [5, 5.41) is 4.27. The second-order valence-electron chi connectivity index (χ2n) is 14.8. The molecule has 4 nitrogen and oxygen atoms in total. The minimum Gasteiger partial charge on any atom is -0.456 e. The lowest BCUT2D eigenvalue weighted by Crippen LogP contribution is -2.16. The van der Waals surface area contributed by atoms with Crippen molar-refractivity contribution in [3.8, 4) is 33.7 Å². The summed E-state index contributed by atoms with van der Waals surface area (Å²) >= 11 is 0. The molecule has 0 fully saturated rings. The number of rotatable bonds is 5. The van der Waals surface area contributed by atoms with Gasteiger partial charge in [-0.3, -0.25) is 0 Å². The summed E-state index contributed by atoms with van der Waals surface area (Å²) in [6.07, 6.45) is 0. The van der Waals surface area contributed by atoms with E-state index >= 15 is 0 Å². The second-order valence-corrected chi connectivity index (χ2v) is 14.8. The Morgan fingerprint density at radius 2 is 1.19 bits per heavy atom. The third-order valence-electron chi connectivity index (χ3n) is 11.3. The Labute approximate surface area is 312 Å². The molecule has 4 heteroatoms. The number of hydrogen-bond acceptors (Lipinski definition) is 4. The molecule has 1 aliphatic rings.